The maximum atomic E-state index is 13.7. The Morgan fingerprint density at radius 1 is 1.30 bits per heavy atom. The third-order valence-corrected chi connectivity index (χ3v) is 2.60. The third kappa shape index (κ3) is 4.16. The molecule has 1 rings (SSSR count). The summed E-state index contributed by atoms with van der Waals surface area (Å²) in [5.74, 6) is -3.20. The molecule has 0 radical (unpaired) electrons. The first-order valence-corrected chi connectivity index (χ1v) is 6.45. The zero-order chi connectivity index (χ0) is 15.1. The summed E-state index contributed by atoms with van der Waals surface area (Å²) in [6.45, 7) is 3.14. The minimum Gasteiger partial charge on any atom is -0.473 e. The average Bonchev–Trinajstić information content (AvgIpc) is 2.41. The van der Waals surface area contributed by atoms with Crippen LogP contribution in [-0.4, -0.2) is 23.8 Å². The molecule has 0 aliphatic heterocycles. The molecule has 112 valence electrons. The Kier molecular flexibility index (Phi) is 6.38. The maximum Gasteiger partial charge on any atom is 0.347 e. The Morgan fingerprint density at radius 2 is 1.90 bits per heavy atom. The Bertz CT molecular complexity index is 439. The van der Waals surface area contributed by atoms with Crippen LogP contribution in [0.2, 0.25) is 0 Å². The predicted octanol–water partition coefficient (Wildman–Crippen LogP) is 2.57. The number of benzene rings is 1. The highest BCUT2D eigenvalue weighted by Crippen LogP contribution is 2.25. The molecule has 1 N–H and O–H groups in total. The van der Waals surface area contributed by atoms with E-state index in [1.165, 1.54) is 0 Å². The summed E-state index contributed by atoms with van der Waals surface area (Å²) in [6, 6.07) is 1.93. The van der Waals surface area contributed by atoms with Crippen LogP contribution < -0.4 is 4.74 Å². The number of hydrogen-bond acceptors (Lipinski definition) is 4. The molecule has 0 heterocycles. The minimum absolute atomic E-state index is 0.0931. The van der Waals surface area contributed by atoms with Crippen molar-refractivity contribution in [3.63, 3.8) is 0 Å². The van der Waals surface area contributed by atoms with Gasteiger partial charge >= 0.3 is 5.97 Å². The molecule has 1 aromatic rings. The molecule has 20 heavy (non-hydrogen) atoms. The van der Waals surface area contributed by atoms with Gasteiger partial charge in [-0.25, -0.2) is 13.6 Å². The number of hydrogen-bond donors (Lipinski definition) is 1. The van der Waals surface area contributed by atoms with Gasteiger partial charge in [0.2, 0.25) is 0 Å². The van der Waals surface area contributed by atoms with Crippen LogP contribution in [0.15, 0.2) is 12.1 Å². The number of carbonyl (C=O) groups excluding carboxylic acids is 1. The van der Waals surface area contributed by atoms with Crippen molar-refractivity contribution in [3.8, 4) is 5.75 Å². The molecule has 1 atom stereocenters. The van der Waals surface area contributed by atoms with E-state index >= 15 is 0 Å². The zero-order valence-corrected chi connectivity index (χ0v) is 11.5. The first kappa shape index (κ1) is 16.4. The van der Waals surface area contributed by atoms with Crippen LogP contribution in [0.1, 0.15) is 32.3 Å². The maximum absolute atomic E-state index is 13.7. The van der Waals surface area contributed by atoms with E-state index < -0.39 is 36.1 Å². The van der Waals surface area contributed by atoms with Crippen LogP contribution in [0.5, 0.6) is 5.75 Å². The second kappa shape index (κ2) is 7.79. The summed E-state index contributed by atoms with van der Waals surface area (Å²) in [4.78, 5) is 11.7. The van der Waals surface area contributed by atoms with Crippen molar-refractivity contribution in [2.75, 3.05) is 6.61 Å². The zero-order valence-electron chi connectivity index (χ0n) is 11.5. The van der Waals surface area contributed by atoms with Crippen LogP contribution in [0.25, 0.3) is 0 Å². The molecule has 6 heteroatoms. The third-order valence-electron chi connectivity index (χ3n) is 2.60. The molecular formula is C14H18F2O4. The van der Waals surface area contributed by atoms with Gasteiger partial charge < -0.3 is 14.6 Å². The van der Waals surface area contributed by atoms with E-state index in [1.807, 2.05) is 6.92 Å². The van der Waals surface area contributed by atoms with Crippen molar-refractivity contribution in [2.45, 2.75) is 39.4 Å². The quantitative estimate of drug-likeness (QED) is 0.783. The Labute approximate surface area is 116 Å². The Balaban J connectivity index is 2.96. The lowest BCUT2D eigenvalue weighted by Crippen LogP contribution is -2.30. The molecule has 0 fully saturated rings. The van der Waals surface area contributed by atoms with E-state index in [2.05, 4.69) is 0 Å². The highest BCUT2D eigenvalue weighted by Gasteiger charge is 2.24. The molecule has 0 aromatic heterocycles. The SMILES string of the molecule is CCCC(Oc1c(F)cc(CO)cc1F)C(=O)OCC. The standard InChI is InChI=1S/C14H18F2O4/c1-3-5-12(14(18)19-4-2)20-13-10(15)6-9(8-17)7-11(13)16/h6-7,12,17H,3-5,8H2,1-2H3. The number of halogens is 2. The molecule has 0 saturated heterocycles. The van der Waals surface area contributed by atoms with Crippen LogP contribution in [0, 0.1) is 11.6 Å². The predicted molar refractivity (Wildman–Crippen MR) is 68.2 cm³/mol. The Hall–Kier alpha value is -1.69. The van der Waals surface area contributed by atoms with Gasteiger partial charge in [-0.2, -0.15) is 0 Å². The van der Waals surface area contributed by atoms with Crippen LogP contribution in [-0.2, 0) is 16.1 Å². The molecule has 1 aromatic carbocycles. The molecule has 0 amide bonds. The molecule has 0 aliphatic carbocycles. The van der Waals surface area contributed by atoms with Gasteiger partial charge in [-0.1, -0.05) is 13.3 Å². The summed E-state index contributed by atoms with van der Waals surface area (Å²) in [6.07, 6.45) is -0.162. The van der Waals surface area contributed by atoms with E-state index in [1.54, 1.807) is 6.92 Å². The van der Waals surface area contributed by atoms with E-state index in [9.17, 15) is 13.6 Å². The largest absolute Gasteiger partial charge is 0.473 e. The lowest BCUT2D eigenvalue weighted by atomic mass is 10.2. The van der Waals surface area contributed by atoms with E-state index in [-0.39, 0.29) is 12.2 Å². The monoisotopic (exact) mass is 288 g/mol. The molecule has 0 saturated carbocycles. The van der Waals surface area contributed by atoms with Crippen molar-refractivity contribution in [1.29, 1.82) is 0 Å². The summed E-state index contributed by atoms with van der Waals surface area (Å²) in [7, 11) is 0. The summed E-state index contributed by atoms with van der Waals surface area (Å²) in [5, 5.41) is 8.85. The summed E-state index contributed by atoms with van der Waals surface area (Å²) < 4.78 is 37.4. The molecule has 0 bridgehead atoms. The number of aliphatic hydroxyl groups excluding tert-OH is 1. The van der Waals surface area contributed by atoms with E-state index in [0.717, 1.165) is 12.1 Å². The number of esters is 1. The van der Waals surface area contributed by atoms with Crippen molar-refractivity contribution in [3.05, 3.63) is 29.3 Å². The average molecular weight is 288 g/mol. The van der Waals surface area contributed by atoms with Crippen molar-refractivity contribution in [2.24, 2.45) is 0 Å². The normalized spacial score (nSPS) is 12.1. The van der Waals surface area contributed by atoms with Crippen LogP contribution in [0.4, 0.5) is 8.78 Å². The van der Waals surface area contributed by atoms with Crippen LogP contribution in [0.3, 0.4) is 0 Å². The molecule has 0 spiro atoms. The topological polar surface area (TPSA) is 55.8 Å². The van der Waals surface area contributed by atoms with Gasteiger partial charge in [0.25, 0.3) is 0 Å². The smallest absolute Gasteiger partial charge is 0.347 e. The fourth-order valence-electron chi connectivity index (χ4n) is 1.68. The van der Waals surface area contributed by atoms with Crippen molar-refractivity contribution >= 4 is 5.97 Å². The number of ether oxygens (including phenoxy) is 2. The van der Waals surface area contributed by atoms with Gasteiger partial charge in [-0.05, 0) is 31.0 Å². The second-order valence-corrected chi connectivity index (χ2v) is 4.19. The van der Waals surface area contributed by atoms with E-state index in [0.29, 0.717) is 12.8 Å². The van der Waals surface area contributed by atoms with Gasteiger partial charge in [-0.15, -0.1) is 0 Å². The van der Waals surface area contributed by atoms with Gasteiger partial charge in [0, 0.05) is 0 Å². The fourth-order valence-corrected chi connectivity index (χ4v) is 1.68. The fraction of sp³-hybridized carbons (Fsp3) is 0.500. The lowest BCUT2D eigenvalue weighted by Gasteiger charge is -2.18. The minimum atomic E-state index is -1.05. The second-order valence-electron chi connectivity index (χ2n) is 4.19. The first-order valence-electron chi connectivity index (χ1n) is 6.45. The van der Waals surface area contributed by atoms with E-state index in [4.69, 9.17) is 14.6 Å². The highest BCUT2D eigenvalue weighted by atomic mass is 19.1. The van der Waals surface area contributed by atoms with Crippen molar-refractivity contribution in [1.82, 2.24) is 0 Å². The van der Waals surface area contributed by atoms with Gasteiger partial charge in [0.05, 0.1) is 13.2 Å². The van der Waals surface area contributed by atoms with Crippen molar-refractivity contribution < 1.29 is 28.2 Å². The highest BCUT2D eigenvalue weighted by molar-refractivity contribution is 5.75. The molecular weight excluding hydrogens is 270 g/mol. The summed E-state index contributed by atoms with van der Waals surface area (Å²) in [5.41, 5.74) is 0.0931. The summed E-state index contributed by atoms with van der Waals surface area (Å²) >= 11 is 0. The lowest BCUT2D eigenvalue weighted by molar-refractivity contribution is -0.151. The number of carbonyl (C=O) groups is 1. The van der Waals surface area contributed by atoms with Gasteiger partial charge in [0.15, 0.2) is 23.5 Å². The number of rotatable bonds is 7. The van der Waals surface area contributed by atoms with Gasteiger partial charge in [0.1, 0.15) is 0 Å². The first-order chi connectivity index (χ1) is 9.53. The van der Waals surface area contributed by atoms with Gasteiger partial charge in [-0.3, -0.25) is 0 Å². The molecule has 0 aliphatic rings. The number of aliphatic hydroxyl groups is 1. The Morgan fingerprint density at radius 3 is 2.35 bits per heavy atom. The molecule has 1 unspecified atom stereocenters. The van der Waals surface area contributed by atoms with Crippen LogP contribution >= 0.6 is 0 Å². The molecule has 4 nitrogen and oxygen atoms in total.